The maximum Gasteiger partial charge on any atom is 0.305 e. The second-order valence-electron chi connectivity index (χ2n) is 11.2. The fourth-order valence-electron chi connectivity index (χ4n) is 4.10. The minimum absolute atomic E-state index is 0.142. The third-order valence-corrected chi connectivity index (χ3v) is 6.80. The molecular weight excluding hydrogens is 668 g/mol. The van der Waals surface area contributed by atoms with Crippen molar-refractivity contribution in [3.8, 4) is 0 Å². The van der Waals surface area contributed by atoms with Crippen molar-refractivity contribution in [2.45, 2.75) is 58.3 Å². The molecule has 0 fully saturated rings. The van der Waals surface area contributed by atoms with Crippen molar-refractivity contribution >= 4 is 5.97 Å². The van der Waals surface area contributed by atoms with Gasteiger partial charge in [0.2, 0.25) is 0 Å². The Morgan fingerprint density at radius 2 is 0.627 bits per heavy atom. The molecule has 304 valence electrons. The Bertz CT molecular complexity index is 673. The Balaban J connectivity index is 3.09. The van der Waals surface area contributed by atoms with E-state index in [-0.39, 0.29) is 12.6 Å². The number of carbonyl (C=O) groups excluding carboxylic acids is 1. The van der Waals surface area contributed by atoms with Crippen LogP contribution >= 0.6 is 0 Å². The van der Waals surface area contributed by atoms with Gasteiger partial charge in [0.1, 0.15) is 6.61 Å². The van der Waals surface area contributed by atoms with Gasteiger partial charge in [-0.05, 0) is 6.42 Å². The van der Waals surface area contributed by atoms with Gasteiger partial charge in [-0.1, -0.05) is 51.5 Å². The highest BCUT2D eigenvalue weighted by atomic mass is 16.6. The topological polar surface area (TPSA) is 137 Å². The van der Waals surface area contributed by atoms with Crippen molar-refractivity contribution in [3.05, 3.63) is 12.7 Å². The van der Waals surface area contributed by atoms with Crippen LogP contribution in [0, 0.1) is 0 Å². The van der Waals surface area contributed by atoms with Gasteiger partial charge in [-0.15, -0.1) is 6.58 Å². The van der Waals surface area contributed by atoms with Gasteiger partial charge in [0, 0.05) is 6.42 Å². The van der Waals surface area contributed by atoms with Crippen molar-refractivity contribution in [1.29, 1.82) is 0 Å². The minimum atomic E-state index is -0.142. The van der Waals surface area contributed by atoms with Crippen molar-refractivity contribution in [2.75, 3.05) is 165 Å². The van der Waals surface area contributed by atoms with E-state index < -0.39 is 0 Å². The van der Waals surface area contributed by atoms with Crippen LogP contribution < -0.4 is 0 Å². The fourth-order valence-corrected chi connectivity index (χ4v) is 4.10. The zero-order valence-electron chi connectivity index (χ0n) is 31.8. The Kier molecular flexibility index (Phi) is 45.6. The number of ether oxygens (including phenoxy) is 13. The molecule has 14 nitrogen and oxygen atoms in total. The zero-order chi connectivity index (χ0) is 36.8. The van der Waals surface area contributed by atoms with Gasteiger partial charge in [-0.2, -0.15) is 0 Å². The highest BCUT2D eigenvalue weighted by Gasteiger charge is 2.03. The average molecular weight is 741 g/mol. The number of esters is 1. The Morgan fingerprint density at radius 1 is 0.373 bits per heavy atom. The molecule has 0 rings (SSSR count). The van der Waals surface area contributed by atoms with E-state index in [4.69, 9.17) is 61.6 Å². The molecule has 0 heterocycles. The van der Waals surface area contributed by atoms with Gasteiger partial charge < -0.3 is 61.6 Å². The third kappa shape index (κ3) is 46.7. The van der Waals surface area contributed by atoms with E-state index in [1.807, 2.05) is 0 Å². The van der Waals surface area contributed by atoms with Crippen molar-refractivity contribution < 1.29 is 66.4 Å². The molecule has 0 aliphatic carbocycles. The van der Waals surface area contributed by atoms with Gasteiger partial charge in [0.15, 0.2) is 0 Å². The largest absolute Gasteiger partial charge is 0.463 e. The highest BCUT2D eigenvalue weighted by molar-refractivity contribution is 5.69. The van der Waals surface area contributed by atoms with E-state index in [1.165, 1.54) is 32.1 Å². The van der Waals surface area contributed by atoms with E-state index in [0.717, 1.165) is 12.8 Å². The molecule has 0 spiro atoms. The summed E-state index contributed by atoms with van der Waals surface area (Å²) in [5.41, 5.74) is 0. The smallest absolute Gasteiger partial charge is 0.305 e. The first kappa shape index (κ1) is 49.7. The summed E-state index contributed by atoms with van der Waals surface area (Å²) in [5, 5.41) is 0. The molecule has 51 heavy (non-hydrogen) atoms. The molecule has 0 amide bonds. The number of rotatable bonds is 46. The summed E-state index contributed by atoms with van der Waals surface area (Å²) in [5.74, 6) is -0.142. The van der Waals surface area contributed by atoms with Gasteiger partial charge in [0.25, 0.3) is 0 Å². The fraction of sp³-hybridized carbons (Fsp3) is 0.919. The number of hydrogen-bond acceptors (Lipinski definition) is 14. The van der Waals surface area contributed by atoms with Crippen LogP contribution in [-0.2, 0) is 66.4 Å². The van der Waals surface area contributed by atoms with Crippen molar-refractivity contribution in [3.63, 3.8) is 0 Å². The van der Waals surface area contributed by atoms with E-state index in [1.54, 1.807) is 6.08 Å². The molecule has 0 aromatic heterocycles. The lowest BCUT2D eigenvalue weighted by Crippen LogP contribution is -2.15. The normalized spacial score (nSPS) is 11.4. The van der Waals surface area contributed by atoms with Crippen LogP contribution in [0.25, 0.3) is 0 Å². The predicted octanol–water partition coefficient (Wildman–Crippen LogP) is 4.06. The SMILES string of the molecule is C=CCOCCOCCOCCOCCOCCOCCOCCOCCOCCOCCOCCOCCOC(=O)CCCCCCCCC. The minimum Gasteiger partial charge on any atom is -0.463 e. The van der Waals surface area contributed by atoms with Crippen LogP contribution in [0.1, 0.15) is 58.3 Å². The summed E-state index contributed by atoms with van der Waals surface area (Å²) in [6.45, 7) is 18.1. The standard InChI is InChI=1S/C37H72O14/c1-3-5-6-7-8-9-10-11-37(38)51-36-35-50-34-33-49-32-31-48-30-29-47-28-27-46-26-25-45-24-23-44-22-21-43-20-19-42-18-17-41-16-15-40-14-13-39-12-4-2/h4H,2-3,5-36H2,1H3. The van der Waals surface area contributed by atoms with E-state index in [0.29, 0.717) is 165 Å². The van der Waals surface area contributed by atoms with Gasteiger partial charge >= 0.3 is 5.97 Å². The molecule has 0 aliphatic heterocycles. The quantitative estimate of drug-likeness (QED) is 0.0504. The molecule has 0 saturated heterocycles. The molecule has 14 heteroatoms. The van der Waals surface area contributed by atoms with Crippen molar-refractivity contribution in [2.24, 2.45) is 0 Å². The zero-order valence-corrected chi connectivity index (χ0v) is 31.8. The monoisotopic (exact) mass is 740 g/mol. The van der Waals surface area contributed by atoms with E-state index >= 15 is 0 Å². The molecule has 0 aliphatic rings. The Labute approximate surface area is 308 Å². The molecule has 0 bridgehead atoms. The third-order valence-electron chi connectivity index (χ3n) is 6.80. The lowest BCUT2D eigenvalue weighted by Gasteiger charge is -2.09. The maximum atomic E-state index is 11.7. The molecule has 0 aromatic rings. The average Bonchev–Trinajstić information content (AvgIpc) is 3.14. The lowest BCUT2D eigenvalue weighted by molar-refractivity contribution is -0.145. The molecule has 0 unspecified atom stereocenters. The second kappa shape index (κ2) is 46.8. The first-order valence-corrected chi connectivity index (χ1v) is 19.0. The highest BCUT2D eigenvalue weighted by Crippen LogP contribution is 2.08. The molecule has 0 N–H and O–H groups in total. The molecule has 0 saturated carbocycles. The summed E-state index contributed by atoms with van der Waals surface area (Å²) in [6.07, 6.45) is 10.5. The predicted molar refractivity (Wildman–Crippen MR) is 194 cm³/mol. The lowest BCUT2D eigenvalue weighted by atomic mass is 10.1. The maximum absolute atomic E-state index is 11.7. The van der Waals surface area contributed by atoms with Crippen LogP contribution in [-0.4, -0.2) is 171 Å². The number of unbranched alkanes of at least 4 members (excludes halogenated alkanes) is 6. The number of carbonyl (C=O) groups is 1. The van der Waals surface area contributed by atoms with Crippen LogP contribution in [0.2, 0.25) is 0 Å². The second-order valence-corrected chi connectivity index (χ2v) is 11.2. The first-order valence-electron chi connectivity index (χ1n) is 19.0. The number of hydrogen-bond donors (Lipinski definition) is 0. The van der Waals surface area contributed by atoms with Gasteiger partial charge in [0.05, 0.1) is 159 Å². The summed E-state index contributed by atoms with van der Waals surface area (Å²) >= 11 is 0. The molecular formula is C37H72O14. The van der Waals surface area contributed by atoms with Crippen LogP contribution in [0.15, 0.2) is 12.7 Å². The van der Waals surface area contributed by atoms with E-state index in [9.17, 15) is 4.79 Å². The summed E-state index contributed by atoms with van der Waals surface area (Å²) in [7, 11) is 0. The molecule has 0 atom stereocenters. The van der Waals surface area contributed by atoms with E-state index in [2.05, 4.69) is 13.5 Å². The Morgan fingerprint density at radius 3 is 0.922 bits per heavy atom. The van der Waals surface area contributed by atoms with Gasteiger partial charge in [-0.25, -0.2) is 0 Å². The van der Waals surface area contributed by atoms with Crippen LogP contribution in [0.3, 0.4) is 0 Å². The summed E-state index contributed by atoms with van der Waals surface area (Å²) in [4.78, 5) is 11.7. The van der Waals surface area contributed by atoms with Crippen molar-refractivity contribution in [1.82, 2.24) is 0 Å². The van der Waals surface area contributed by atoms with Crippen LogP contribution in [0.5, 0.6) is 0 Å². The first-order chi connectivity index (χ1) is 25.3. The van der Waals surface area contributed by atoms with Crippen LogP contribution in [0.4, 0.5) is 0 Å². The summed E-state index contributed by atoms with van der Waals surface area (Å²) in [6, 6.07) is 0. The molecule has 0 aromatic carbocycles. The molecule has 0 radical (unpaired) electrons. The van der Waals surface area contributed by atoms with Gasteiger partial charge in [-0.3, -0.25) is 4.79 Å². The Hall–Kier alpha value is -1.27. The summed E-state index contributed by atoms with van der Waals surface area (Å²) < 4.78 is 70.5.